The van der Waals surface area contributed by atoms with Crippen LogP contribution in [0.1, 0.15) is 18.7 Å². The van der Waals surface area contributed by atoms with Gasteiger partial charge in [0.1, 0.15) is 11.4 Å². The molecule has 4 rings (SSSR count). The molecule has 0 aliphatic carbocycles. The summed E-state index contributed by atoms with van der Waals surface area (Å²) >= 11 is 1.58. The number of piperazine rings is 1. The molecule has 2 N–H and O–H groups in total. The molecule has 2 aromatic heterocycles. The Labute approximate surface area is 163 Å². The highest BCUT2D eigenvalue weighted by Crippen LogP contribution is 2.29. The van der Waals surface area contributed by atoms with Crippen LogP contribution in [-0.2, 0) is 0 Å². The molecule has 0 radical (unpaired) electrons. The van der Waals surface area contributed by atoms with Crippen molar-refractivity contribution in [3.8, 4) is 22.5 Å². The number of hydrogen-bond donors (Lipinski definition) is 2. The second kappa shape index (κ2) is 7.01. The van der Waals surface area contributed by atoms with Crippen LogP contribution in [0, 0.1) is 11.8 Å². The SMILES string of the molecule is CN1CCN(c2ccc3nc(-c4ccc(C#CC(C)(C)O)s4)[nH]c3c2)CC1. The van der Waals surface area contributed by atoms with Gasteiger partial charge in [0, 0.05) is 31.9 Å². The number of thiophene rings is 1. The van der Waals surface area contributed by atoms with Crippen LogP contribution in [0.4, 0.5) is 5.69 Å². The number of hydrogen-bond acceptors (Lipinski definition) is 5. The van der Waals surface area contributed by atoms with Gasteiger partial charge < -0.3 is 19.9 Å². The average Bonchev–Trinajstić information content (AvgIpc) is 3.26. The molecule has 5 nitrogen and oxygen atoms in total. The number of aromatic amines is 1. The summed E-state index contributed by atoms with van der Waals surface area (Å²) in [5.41, 5.74) is 2.29. The number of benzene rings is 1. The molecule has 0 saturated carbocycles. The van der Waals surface area contributed by atoms with Crippen LogP contribution < -0.4 is 4.90 Å². The highest BCUT2D eigenvalue weighted by Gasteiger charge is 2.16. The maximum absolute atomic E-state index is 9.75. The Bertz CT molecular complexity index is 1010. The molecule has 1 aliphatic rings. The lowest BCUT2D eigenvalue weighted by Crippen LogP contribution is -2.44. The number of rotatable bonds is 2. The van der Waals surface area contributed by atoms with Crippen molar-refractivity contribution < 1.29 is 5.11 Å². The molecule has 1 aliphatic heterocycles. The molecule has 140 valence electrons. The van der Waals surface area contributed by atoms with E-state index in [1.165, 1.54) is 5.69 Å². The summed E-state index contributed by atoms with van der Waals surface area (Å²) in [6, 6.07) is 10.4. The number of nitrogens with one attached hydrogen (secondary N) is 1. The molecule has 0 spiro atoms. The molecule has 1 saturated heterocycles. The first-order valence-electron chi connectivity index (χ1n) is 9.16. The van der Waals surface area contributed by atoms with Crippen molar-refractivity contribution in [2.45, 2.75) is 19.4 Å². The van der Waals surface area contributed by atoms with Crippen LogP contribution in [0.25, 0.3) is 21.7 Å². The molecule has 3 heterocycles. The third-order valence-electron chi connectivity index (χ3n) is 4.66. The van der Waals surface area contributed by atoms with Gasteiger partial charge >= 0.3 is 0 Å². The number of aliphatic hydroxyl groups is 1. The second-order valence-corrected chi connectivity index (χ2v) is 8.63. The molecular weight excluding hydrogens is 356 g/mol. The van der Waals surface area contributed by atoms with Crippen LogP contribution in [0.3, 0.4) is 0 Å². The number of anilines is 1. The molecule has 27 heavy (non-hydrogen) atoms. The van der Waals surface area contributed by atoms with E-state index in [1.807, 2.05) is 12.1 Å². The minimum absolute atomic E-state index is 0.863. The standard InChI is InChI=1S/C21H24N4OS/c1-21(2,26)9-8-16-5-7-19(27-16)20-22-17-6-4-15(14-18(17)23-20)25-12-10-24(3)11-13-25/h4-7,14,26H,10-13H2,1-3H3,(H,22,23). The quantitative estimate of drug-likeness (QED) is 0.671. The average molecular weight is 381 g/mol. The second-order valence-electron chi connectivity index (χ2n) is 7.55. The van der Waals surface area contributed by atoms with Crippen molar-refractivity contribution in [1.82, 2.24) is 14.9 Å². The normalized spacial score (nSPS) is 15.8. The largest absolute Gasteiger partial charge is 0.378 e. The highest BCUT2D eigenvalue weighted by atomic mass is 32.1. The third kappa shape index (κ3) is 4.16. The zero-order chi connectivity index (χ0) is 19.0. The van der Waals surface area contributed by atoms with Gasteiger partial charge in [0.25, 0.3) is 0 Å². The minimum Gasteiger partial charge on any atom is -0.378 e. The smallest absolute Gasteiger partial charge is 0.148 e. The van der Waals surface area contributed by atoms with Crippen molar-refractivity contribution in [2.24, 2.45) is 0 Å². The van der Waals surface area contributed by atoms with Crippen molar-refractivity contribution in [3.05, 3.63) is 35.2 Å². The van der Waals surface area contributed by atoms with Crippen molar-refractivity contribution in [3.63, 3.8) is 0 Å². The summed E-state index contributed by atoms with van der Waals surface area (Å²) < 4.78 is 0. The molecule has 6 heteroatoms. The maximum atomic E-state index is 9.75. The lowest BCUT2D eigenvalue weighted by Gasteiger charge is -2.34. The van der Waals surface area contributed by atoms with Gasteiger partial charge in [-0.25, -0.2) is 4.98 Å². The predicted octanol–water partition coefficient (Wildman–Crippen LogP) is 3.17. The fraction of sp³-hybridized carbons (Fsp3) is 0.381. The number of aromatic nitrogens is 2. The fourth-order valence-electron chi connectivity index (χ4n) is 3.12. The van der Waals surface area contributed by atoms with Crippen molar-refractivity contribution in [1.29, 1.82) is 0 Å². The van der Waals surface area contributed by atoms with Gasteiger partial charge in [-0.05, 0) is 51.2 Å². The molecular formula is C21H24N4OS. The molecule has 1 fully saturated rings. The Morgan fingerprint density at radius 1 is 1.15 bits per heavy atom. The van der Waals surface area contributed by atoms with E-state index in [2.05, 4.69) is 51.9 Å². The van der Waals surface area contributed by atoms with Crippen LogP contribution in [-0.4, -0.2) is 58.8 Å². The van der Waals surface area contributed by atoms with Gasteiger partial charge in [-0.3, -0.25) is 0 Å². The van der Waals surface area contributed by atoms with Gasteiger partial charge in [-0.15, -0.1) is 11.3 Å². The van der Waals surface area contributed by atoms with E-state index in [0.717, 1.165) is 52.8 Å². The van der Waals surface area contributed by atoms with Crippen molar-refractivity contribution in [2.75, 3.05) is 38.1 Å². The number of nitrogens with zero attached hydrogens (tertiary/aromatic N) is 3. The first kappa shape index (κ1) is 18.1. The number of imidazole rings is 1. The Morgan fingerprint density at radius 2 is 1.93 bits per heavy atom. The van der Waals surface area contributed by atoms with Crippen LogP contribution in [0.5, 0.6) is 0 Å². The highest BCUT2D eigenvalue weighted by molar-refractivity contribution is 7.15. The number of H-pyrrole nitrogens is 1. The zero-order valence-electron chi connectivity index (χ0n) is 15.9. The summed E-state index contributed by atoms with van der Waals surface area (Å²) in [6.45, 7) is 7.66. The van der Waals surface area contributed by atoms with Crippen molar-refractivity contribution >= 4 is 28.1 Å². The maximum Gasteiger partial charge on any atom is 0.148 e. The van der Waals surface area contributed by atoms with Crippen LogP contribution in [0.2, 0.25) is 0 Å². The molecule has 0 amide bonds. The van der Waals surface area contributed by atoms with Gasteiger partial charge in [0.15, 0.2) is 0 Å². The summed E-state index contributed by atoms with van der Waals surface area (Å²) in [6.07, 6.45) is 0. The zero-order valence-corrected chi connectivity index (χ0v) is 16.7. The van der Waals surface area contributed by atoms with Gasteiger partial charge in [-0.1, -0.05) is 11.8 Å². The topological polar surface area (TPSA) is 55.4 Å². The molecule has 3 aromatic rings. The van der Waals surface area contributed by atoms with E-state index in [0.29, 0.717) is 0 Å². The van der Waals surface area contributed by atoms with Gasteiger partial charge in [-0.2, -0.15) is 0 Å². The molecule has 0 unspecified atom stereocenters. The molecule has 0 bridgehead atoms. The minimum atomic E-state index is -0.983. The van der Waals surface area contributed by atoms with Crippen LogP contribution >= 0.6 is 11.3 Å². The predicted molar refractivity (Wildman–Crippen MR) is 112 cm³/mol. The number of likely N-dealkylation sites (N-methyl/N-ethyl adjacent to an activating group) is 1. The van der Waals surface area contributed by atoms with E-state index in [9.17, 15) is 5.11 Å². The van der Waals surface area contributed by atoms with Gasteiger partial charge in [0.2, 0.25) is 0 Å². The molecule has 1 aromatic carbocycles. The first-order chi connectivity index (χ1) is 12.9. The Kier molecular flexibility index (Phi) is 4.68. The van der Waals surface area contributed by atoms with E-state index in [4.69, 9.17) is 4.98 Å². The Morgan fingerprint density at radius 3 is 2.67 bits per heavy atom. The Hall–Kier alpha value is -2.33. The summed E-state index contributed by atoms with van der Waals surface area (Å²) in [7, 11) is 2.17. The van der Waals surface area contributed by atoms with E-state index < -0.39 is 5.60 Å². The van der Waals surface area contributed by atoms with E-state index in [-0.39, 0.29) is 0 Å². The lowest BCUT2D eigenvalue weighted by molar-refractivity contribution is 0.143. The molecule has 0 atom stereocenters. The first-order valence-corrected chi connectivity index (χ1v) is 9.98. The van der Waals surface area contributed by atoms with E-state index in [1.54, 1.807) is 25.2 Å². The third-order valence-corrected chi connectivity index (χ3v) is 5.67. The number of fused-ring (bicyclic) bond motifs is 1. The van der Waals surface area contributed by atoms with Gasteiger partial charge in [0.05, 0.1) is 20.8 Å². The lowest BCUT2D eigenvalue weighted by atomic mass is 10.1. The monoisotopic (exact) mass is 380 g/mol. The fourth-order valence-corrected chi connectivity index (χ4v) is 3.93. The summed E-state index contributed by atoms with van der Waals surface area (Å²) in [5.74, 6) is 6.75. The van der Waals surface area contributed by atoms with Crippen LogP contribution in [0.15, 0.2) is 30.3 Å². The van der Waals surface area contributed by atoms with E-state index >= 15 is 0 Å². The Balaban J connectivity index is 1.58. The summed E-state index contributed by atoms with van der Waals surface area (Å²) in [5, 5.41) is 9.75. The summed E-state index contributed by atoms with van der Waals surface area (Å²) in [4.78, 5) is 14.9.